The number of aromatic nitrogens is 2. The van der Waals surface area contributed by atoms with Crippen LogP contribution in [0.4, 0.5) is 9.80 Å². The van der Waals surface area contributed by atoms with E-state index >= 15 is 0 Å². The molecule has 2 aromatic rings. The van der Waals surface area contributed by atoms with Gasteiger partial charge in [-0.2, -0.15) is 5.10 Å². The second kappa shape index (κ2) is 8.24. The summed E-state index contributed by atoms with van der Waals surface area (Å²) >= 11 is 1.26. The van der Waals surface area contributed by atoms with Gasteiger partial charge in [0.15, 0.2) is 0 Å². The van der Waals surface area contributed by atoms with Crippen molar-refractivity contribution in [3.63, 3.8) is 0 Å². The Bertz CT molecular complexity index is 914. The Morgan fingerprint density at radius 2 is 2.10 bits per heavy atom. The number of anilines is 1. The Balaban J connectivity index is 1.87. The first-order chi connectivity index (χ1) is 13.7. The van der Waals surface area contributed by atoms with Crippen LogP contribution in [-0.2, 0) is 22.4 Å². The zero-order valence-corrected chi connectivity index (χ0v) is 17.6. The molecule has 0 aliphatic carbocycles. The zero-order valence-electron chi connectivity index (χ0n) is 16.8. The van der Waals surface area contributed by atoms with Crippen LogP contribution in [0.2, 0.25) is 0 Å². The van der Waals surface area contributed by atoms with Crippen LogP contribution in [0, 0.1) is 0 Å². The van der Waals surface area contributed by atoms with E-state index in [1.807, 2.05) is 20.8 Å². The summed E-state index contributed by atoms with van der Waals surface area (Å²) in [6.45, 7) is 8.11. The Kier molecular flexibility index (Phi) is 5.92. The Hall–Kier alpha value is -2.88. The summed E-state index contributed by atoms with van der Waals surface area (Å²) in [6.07, 6.45) is 1.54. The summed E-state index contributed by atoms with van der Waals surface area (Å²) in [6, 6.07) is 1.54. The fourth-order valence-corrected chi connectivity index (χ4v) is 4.19. The topological polar surface area (TPSA) is 114 Å². The van der Waals surface area contributed by atoms with Crippen molar-refractivity contribution in [1.82, 2.24) is 15.1 Å². The van der Waals surface area contributed by atoms with Crippen LogP contribution in [0.3, 0.4) is 0 Å². The fourth-order valence-electron chi connectivity index (χ4n) is 2.95. The molecule has 0 aromatic carbocycles. The molecule has 2 amide bonds. The molecule has 29 heavy (non-hydrogen) atoms. The second-order valence-corrected chi connectivity index (χ2v) is 8.61. The van der Waals surface area contributed by atoms with E-state index in [4.69, 9.17) is 9.47 Å². The summed E-state index contributed by atoms with van der Waals surface area (Å²) in [4.78, 5) is 39.9. The number of nitrogens with zero attached hydrogens (tertiary/aromatic N) is 2. The number of fused-ring (bicyclic) bond motifs is 1. The number of esters is 1. The van der Waals surface area contributed by atoms with Gasteiger partial charge in [0.25, 0.3) is 5.91 Å². The van der Waals surface area contributed by atoms with Gasteiger partial charge in [0.2, 0.25) is 0 Å². The van der Waals surface area contributed by atoms with Gasteiger partial charge < -0.3 is 19.7 Å². The highest BCUT2D eigenvalue weighted by Crippen LogP contribution is 2.38. The van der Waals surface area contributed by atoms with E-state index in [2.05, 4.69) is 15.5 Å². The second-order valence-electron chi connectivity index (χ2n) is 7.50. The van der Waals surface area contributed by atoms with E-state index < -0.39 is 23.6 Å². The van der Waals surface area contributed by atoms with E-state index in [0.717, 1.165) is 10.4 Å². The van der Waals surface area contributed by atoms with Crippen molar-refractivity contribution in [2.24, 2.45) is 0 Å². The van der Waals surface area contributed by atoms with Crippen LogP contribution in [0.25, 0.3) is 0 Å². The number of nitrogens with one attached hydrogen (secondary N) is 2. The predicted molar refractivity (Wildman–Crippen MR) is 107 cm³/mol. The molecule has 2 aromatic heterocycles. The highest BCUT2D eigenvalue weighted by Gasteiger charge is 2.32. The molecule has 0 radical (unpaired) electrons. The molecule has 1 aliphatic rings. The molecule has 0 fully saturated rings. The molecule has 0 spiro atoms. The largest absolute Gasteiger partial charge is 0.462 e. The standard InChI is InChI=1S/C19H24N4O5S/c1-5-27-17(25)14-11-7-9-23(18(26)28-19(2,3)4)10-13(11)29-16(14)21-15(24)12-6-8-20-22-12/h6,8H,5,7,9-10H2,1-4H3,(H,20,22)(H,21,24). The molecule has 3 rings (SSSR count). The molecule has 1 aliphatic heterocycles. The summed E-state index contributed by atoms with van der Waals surface area (Å²) < 4.78 is 10.6. The normalized spacial score (nSPS) is 13.6. The van der Waals surface area contributed by atoms with Crippen LogP contribution in [0.1, 0.15) is 59.0 Å². The minimum atomic E-state index is -0.591. The highest BCUT2D eigenvalue weighted by atomic mass is 32.1. The Morgan fingerprint density at radius 3 is 2.72 bits per heavy atom. The lowest BCUT2D eigenvalue weighted by Gasteiger charge is -2.30. The lowest BCUT2D eigenvalue weighted by molar-refractivity contribution is 0.0226. The van der Waals surface area contributed by atoms with E-state index in [0.29, 0.717) is 30.1 Å². The lowest BCUT2D eigenvalue weighted by Crippen LogP contribution is -2.39. The first-order valence-corrected chi connectivity index (χ1v) is 10.1. The molecular weight excluding hydrogens is 396 g/mol. The number of carbonyl (C=O) groups is 3. The average Bonchev–Trinajstić information content (AvgIpc) is 3.27. The smallest absolute Gasteiger partial charge is 0.410 e. The Morgan fingerprint density at radius 1 is 1.34 bits per heavy atom. The van der Waals surface area contributed by atoms with Crippen LogP contribution >= 0.6 is 11.3 Å². The minimum absolute atomic E-state index is 0.224. The number of ether oxygens (including phenoxy) is 2. The maximum Gasteiger partial charge on any atom is 0.410 e. The van der Waals surface area contributed by atoms with E-state index in [1.165, 1.54) is 23.6 Å². The van der Waals surface area contributed by atoms with Crippen LogP contribution in [0.15, 0.2) is 12.3 Å². The third-order valence-electron chi connectivity index (χ3n) is 4.16. The minimum Gasteiger partial charge on any atom is -0.462 e. The first-order valence-electron chi connectivity index (χ1n) is 9.30. The maximum absolute atomic E-state index is 12.6. The number of thiophene rings is 1. The summed E-state index contributed by atoms with van der Waals surface area (Å²) in [5.41, 5.74) is 0.838. The molecule has 10 heteroatoms. The molecule has 156 valence electrons. The quantitative estimate of drug-likeness (QED) is 0.735. The maximum atomic E-state index is 12.6. The molecule has 0 unspecified atom stereocenters. The lowest BCUT2D eigenvalue weighted by atomic mass is 10.0. The zero-order chi connectivity index (χ0) is 21.2. The number of aromatic amines is 1. The number of carbonyl (C=O) groups excluding carboxylic acids is 3. The van der Waals surface area contributed by atoms with Gasteiger partial charge in [0.1, 0.15) is 16.3 Å². The summed E-state index contributed by atoms with van der Waals surface area (Å²) in [5, 5.41) is 9.52. The third kappa shape index (κ3) is 4.76. The van der Waals surface area contributed by atoms with Gasteiger partial charge in [-0.05, 0) is 45.7 Å². The number of hydrogen-bond donors (Lipinski definition) is 2. The number of H-pyrrole nitrogens is 1. The van der Waals surface area contributed by atoms with Crippen molar-refractivity contribution < 1.29 is 23.9 Å². The van der Waals surface area contributed by atoms with Gasteiger partial charge in [-0.3, -0.25) is 9.89 Å². The van der Waals surface area contributed by atoms with E-state index in [9.17, 15) is 14.4 Å². The summed E-state index contributed by atoms with van der Waals surface area (Å²) in [7, 11) is 0. The molecule has 0 bridgehead atoms. The van der Waals surface area contributed by atoms with Crippen LogP contribution in [0.5, 0.6) is 0 Å². The molecule has 3 heterocycles. The van der Waals surface area contributed by atoms with Crippen molar-refractivity contribution in [2.45, 2.75) is 46.3 Å². The molecule has 0 saturated heterocycles. The average molecular weight is 420 g/mol. The van der Waals surface area contributed by atoms with Gasteiger partial charge in [-0.25, -0.2) is 9.59 Å². The van der Waals surface area contributed by atoms with E-state index in [1.54, 1.807) is 11.8 Å². The first kappa shape index (κ1) is 20.8. The summed E-state index contributed by atoms with van der Waals surface area (Å²) in [5.74, 6) is -0.897. The highest BCUT2D eigenvalue weighted by molar-refractivity contribution is 7.17. The van der Waals surface area contributed by atoms with Gasteiger partial charge in [-0.15, -0.1) is 11.3 Å². The molecule has 9 nitrogen and oxygen atoms in total. The van der Waals surface area contributed by atoms with Crippen molar-refractivity contribution in [3.05, 3.63) is 34.0 Å². The Labute approximate surface area is 172 Å². The molecular formula is C19H24N4O5S. The van der Waals surface area contributed by atoms with Gasteiger partial charge in [0.05, 0.1) is 18.7 Å². The van der Waals surface area contributed by atoms with Gasteiger partial charge in [0, 0.05) is 17.6 Å². The van der Waals surface area contributed by atoms with Crippen LogP contribution in [-0.4, -0.2) is 51.8 Å². The molecule has 2 N–H and O–H groups in total. The number of rotatable bonds is 4. The van der Waals surface area contributed by atoms with Crippen molar-refractivity contribution in [2.75, 3.05) is 18.5 Å². The fraction of sp³-hybridized carbons (Fsp3) is 0.474. The van der Waals surface area contributed by atoms with Gasteiger partial charge in [-0.1, -0.05) is 0 Å². The molecule has 0 saturated carbocycles. The van der Waals surface area contributed by atoms with Crippen molar-refractivity contribution in [1.29, 1.82) is 0 Å². The SMILES string of the molecule is CCOC(=O)c1c(NC(=O)c2ccn[nH]2)sc2c1CCN(C(=O)OC(C)(C)C)C2. The van der Waals surface area contributed by atoms with Crippen molar-refractivity contribution in [3.8, 4) is 0 Å². The van der Waals surface area contributed by atoms with E-state index in [-0.39, 0.29) is 12.3 Å². The predicted octanol–water partition coefficient (Wildman–Crippen LogP) is 3.19. The van der Waals surface area contributed by atoms with Gasteiger partial charge >= 0.3 is 12.1 Å². The van der Waals surface area contributed by atoms with Crippen molar-refractivity contribution >= 4 is 34.3 Å². The molecule has 0 atom stereocenters. The third-order valence-corrected chi connectivity index (χ3v) is 5.29. The number of amides is 2. The monoisotopic (exact) mass is 420 g/mol. The van der Waals surface area contributed by atoms with Crippen LogP contribution < -0.4 is 5.32 Å². The number of hydrogen-bond acceptors (Lipinski definition) is 7.